The second-order valence-corrected chi connectivity index (χ2v) is 5.38. The summed E-state index contributed by atoms with van der Waals surface area (Å²) in [6.45, 7) is 2.84. The number of hydrogen-bond donors (Lipinski definition) is 1. The van der Waals surface area contributed by atoms with Crippen LogP contribution in [-0.4, -0.2) is 74.0 Å². The first kappa shape index (κ1) is 17.4. The van der Waals surface area contributed by atoms with Crippen LogP contribution in [0.1, 0.15) is 26.2 Å². The molecule has 1 fully saturated rings. The van der Waals surface area contributed by atoms with Crippen molar-refractivity contribution in [2.75, 3.05) is 40.3 Å². The monoisotopic (exact) mass is 299 g/mol. The number of nitrogens with one attached hydrogen (secondary N) is 1. The molecule has 21 heavy (non-hydrogen) atoms. The van der Waals surface area contributed by atoms with E-state index in [0.717, 1.165) is 19.3 Å². The Hall–Kier alpha value is -1.63. The van der Waals surface area contributed by atoms with E-state index in [0.29, 0.717) is 6.54 Å². The third kappa shape index (κ3) is 7.08. The van der Waals surface area contributed by atoms with Gasteiger partial charge in [0, 0.05) is 13.1 Å². The zero-order valence-electron chi connectivity index (χ0n) is 13.1. The van der Waals surface area contributed by atoms with E-state index in [1.165, 1.54) is 12.0 Å². The fourth-order valence-electron chi connectivity index (χ4n) is 1.89. The molecule has 0 atom stereocenters. The van der Waals surface area contributed by atoms with E-state index in [9.17, 15) is 14.4 Å². The Labute approximate surface area is 125 Å². The molecule has 0 aromatic carbocycles. The number of esters is 1. The minimum Gasteiger partial charge on any atom is -0.468 e. The van der Waals surface area contributed by atoms with Gasteiger partial charge in [0.15, 0.2) is 0 Å². The first-order chi connectivity index (χ1) is 9.96. The van der Waals surface area contributed by atoms with Gasteiger partial charge in [-0.3, -0.25) is 19.3 Å². The van der Waals surface area contributed by atoms with Gasteiger partial charge in [-0.2, -0.15) is 0 Å². The maximum absolute atomic E-state index is 12.1. The fraction of sp³-hybridized carbons (Fsp3) is 0.786. The van der Waals surface area contributed by atoms with Crippen molar-refractivity contribution in [1.82, 2.24) is 15.1 Å². The highest BCUT2D eigenvalue weighted by atomic mass is 16.5. The van der Waals surface area contributed by atoms with Crippen molar-refractivity contribution >= 4 is 17.8 Å². The van der Waals surface area contributed by atoms with Crippen LogP contribution < -0.4 is 5.32 Å². The van der Waals surface area contributed by atoms with E-state index in [1.54, 1.807) is 11.9 Å². The van der Waals surface area contributed by atoms with Gasteiger partial charge in [-0.05, 0) is 25.8 Å². The maximum Gasteiger partial charge on any atom is 0.319 e. The van der Waals surface area contributed by atoms with Crippen LogP contribution in [0.2, 0.25) is 0 Å². The zero-order chi connectivity index (χ0) is 15.8. The molecular formula is C14H25N3O4. The SMILES string of the molecule is CCCN(CC(=O)OC)CC(=O)N(C)CC(=O)NC1CC1. The minimum absolute atomic E-state index is 0.0491. The Morgan fingerprint density at radius 1 is 1.19 bits per heavy atom. The Morgan fingerprint density at radius 3 is 2.38 bits per heavy atom. The van der Waals surface area contributed by atoms with Crippen LogP contribution in [0.5, 0.6) is 0 Å². The van der Waals surface area contributed by atoms with Gasteiger partial charge in [0.1, 0.15) is 0 Å². The molecule has 7 nitrogen and oxygen atoms in total. The number of ether oxygens (including phenoxy) is 1. The van der Waals surface area contributed by atoms with Crippen molar-refractivity contribution in [2.24, 2.45) is 0 Å². The number of likely N-dealkylation sites (N-methyl/N-ethyl adjacent to an activating group) is 1. The summed E-state index contributed by atoms with van der Waals surface area (Å²) in [6, 6.07) is 0.289. The number of nitrogens with zero attached hydrogens (tertiary/aromatic N) is 2. The predicted octanol–water partition coefficient (Wildman–Crippen LogP) is -0.392. The number of rotatable bonds is 9. The van der Waals surface area contributed by atoms with E-state index < -0.39 is 0 Å². The van der Waals surface area contributed by atoms with E-state index in [4.69, 9.17) is 0 Å². The van der Waals surface area contributed by atoms with Gasteiger partial charge >= 0.3 is 5.97 Å². The van der Waals surface area contributed by atoms with Gasteiger partial charge in [0.05, 0.1) is 26.7 Å². The smallest absolute Gasteiger partial charge is 0.319 e. The van der Waals surface area contributed by atoms with Crippen molar-refractivity contribution in [3.63, 3.8) is 0 Å². The van der Waals surface area contributed by atoms with Gasteiger partial charge in [0.2, 0.25) is 11.8 Å². The largest absolute Gasteiger partial charge is 0.468 e. The number of carbonyl (C=O) groups is 3. The third-order valence-electron chi connectivity index (χ3n) is 3.23. The molecule has 0 aliphatic heterocycles. The lowest BCUT2D eigenvalue weighted by Gasteiger charge is -2.23. The van der Waals surface area contributed by atoms with Crippen LogP contribution in [-0.2, 0) is 19.1 Å². The van der Waals surface area contributed by atoms with Gasteiger partial charge in [0.25, 0.3) is 0 Å². The quantitative estimate of drug-likeness (QED) is 0.587. The lowest BCUT2D eigenvalue weighted by atomic mass is 10.3. The summed E-state index contributed by atoms with van der Waals surface area (Å²) in [4.78, 5) is 38.2. The Kier molecular flexibility index (Phi) is 7.14. The first-order valence-corrected chi connectivity index (χ1v) is 7.28. The van der Waals surface area contributed by atoms with Gasteiger partial charge in [-0.1, -0.05) is 6.92 Å². The standard InChI is InChI=1S/C14H25N3O4/c1-4-7-17(10-14(20)21-3)9-13(19)16(2)8-12(18)15-11-5-6-11/h11H,4-10H2,1-3H3,(H,15,18). The van der Waals surface area contributed by atoms with Crippen LogP contribution in [0.25, 0.3) is 0 Å². The summed E-state index contributed by atoms with van der Waals surface area (Å²) in [5, 5.41) is 2.84. The van der Waals surface area contributed by atoms with Crippen molar-refractivity contribution in [3.05, 3.63) is 0 Å². The summed E-state index contributed by atoms with van der Waals surface area (Å²) in [5.41, 5.74) is 0. The maximum atomic E-state index is 12.1. The van der Waals surface area contributed by atoms with E-state index in [2.05, 4.69) is 10.1 Å². The van der Waals surface area contributed by atoms with Crippen LogP contribution in [0, 0.1) is 0 Å². The fourth-order valence-corrected chi connectivity index (χ4v) is 1.89. The molecule has 1 aliphatic carbocycles. The van der Waals surface area contributed by atoms with E-state index >= 15 is 0 Å². The molecule has 0 heterocycles. The molecule has 1 N–H and O–H groups in total. The zero-order valence-corrected chi connectivity index (χ0v) is 13.1. The van der Waals surface area contributed by atoms with Crippen molar-refractivity contribution in [3.8, 4) is 0 Å². The Morgan fingerprint density at radius 2 is 1.86 bits per heavy atom. The molecule has 0 radical (unpaired) electrons. The molecular weight excluding hydrogens is 274 g/mol. The molecule has 1 aliphatic rings. The summed E-state index contributed by atoms with van der Waals surface area (Å²) < 4.78 is 4.61. The second kappa shape index (κ2) is 8.61. The molecule has 0 aromatic heterocycles. The average molecular weight is 299 g/mol. The van der Waals surface area contributed by atoms with E-state index in [1.807, 2.05) is 6.92 Å². The van der Waals surface area contributed by atoms with Crippen LogP contribution in [0.4, 0.5) is 0 Å². The van der Waals surface area contributed by atoms with Crippen LogP contribution in [0.15, 0.2) is 0 Å². The topological polar surface area (TPSA) is 79.0 Å². The van der Waals surface area contributed by atoms with E-state index in [-0.39, 0.29) is 43.5 Å². The molecule has 2 amide bonds. The van der Waals surface area contributed by atoms with Crippen molar-refractivity contribution in [1.29, 1.82) is 0 Å². The lowest BCUT2D eigenvalue weighted by Crippen LogP contribution is -2.45. The average Bonchev–Trinajstić information content (AvgIpc) is 3.22. The molecule has 7 heteroatoms. The van der Waals surface area contributed by atoms with Crippen molar-refractivity contribution < 1.29 is 19.1 Å². The van der Waals surface area contributed by atoms with Gasteiger partial charge in [-0.25, -0.2) is 0 Å². The highest BCUT2D eigenvalue weighted by Gasteiger charge is 2.24. The normalized spacial score (nSPS) is 13.9. The molecule has 0 unspecified atom stereocenters. The molecule has 0 spiro atoms. The van der Waals surface area contributed by atoms with Gasteiger partial charge in [-0.15, -0.1) is 0 Å². The predicted molar refractivity (Wildman–Crippen MR) is 77.5 cm³/mol. The van der Waals surface area contributed by atoms with Gasteiger partial charge < -0.3 is 15.0 Å². The molecule has 0 saturated heterocycles. The van der Waals surface area contributed by atoms with Crippen LogP contribution >= 0.6 is 0 Å². The highest BCUT2D eigenvalue weighted by Crippen LogP contribution is 2.18. The lowest BCUT2D eigenvalue weighted by molar-refractivity contribution is -0.143. The summed E-state index contributed by atoms with van der Waals surface area (Å²) in [5.74, 6) is -0.688. The third-order valence-corrected chi connectivity index (χ3v) is 3.23. The van der Waals surface area contributed by atoms with Crippen LogP contribution in [0.3, 0.4) is 0 Å². The summed E-state index contributed by atoms with van der Waals surface area (Å²) in [6.07, 6.45) is 2.87. The Balaban J connectivity index is 2.38. The summed E-state index contributed by atoms with van der Waals surface area (Å²) in [7, 11) is 2.92. The molecule has 0 bridgehead atoms. The number of methoxy groups -OCH3 is 1. The molecule has 0 aromatic rings. The van der Waals surface area contributed by atoms with Crippen molar-refractivity contribution in [2.45, 2.75) is 32.2 Å². The molecule has 1 rings (SSSR count). The number of carbonyl (C=O) groups excluding carboxylic acids is 3. The highest BCUT2D eigenvalue weighted by molar-refractivity contribution is 5.86. The summed E-state index contributed by atoms with van der Waals surface area (Å²) >= 11 is 0. The Bertz CT molecular complexity index is 382. The second-order valence-electron chi connectivity index (χ2n) is 5.38. The minimum atomic E-state index is -0.370. The first-order valence-electron chi connectivity index (χ1n) is 7.28. The molecule has 120 valence electrons. The number of amides is 2. The number of hydrogen-bond acceptors (Lipinski definition) is 5. The molecule has 1 saturated carbocycles.